The second-order valence-corrected chi connectivity index (χ2v) is 17.3. The highest BCUT2D eigenvalue weighted by molar-refractivity contribution is 6.08. The number of halogens is 1. The van der Waals surface area contributed by atoms with Crippen molar-refractivity contribution in [1.29, 1.82) is 0 Å². The van der Waals surface area contributed by atoms with Gasteiger partial charge in [-0.15, -0.1) is 5.10 Å². The molecule has 0 spiro atoms. The zero-order valence-electron chi connectivity index (χ0n) is 36.5. The van der Waals surface area contributed by atoms with Crippen molar-refractivity contribution in [1.82, 2.24) is 29.8 Å². The fourth-order valence-electron chi connectivity index (χ4n) is 9.14. The Morgan fingerprint density at radius 2 is 1.73 bits per heavy atom. The molecule has 332 valence electrons. The van der Waals surface area contributed by atoms with E-state index in [1.54, 1.807) is 75.8 Å². The second kappa shape index (κ2) is 18.3. The maximum absolute atomic E-state index is 16.9. The number of ketones is 2. The minimum Gasteiger partial charge on any atom is -0.455 e. The van der Waals surface area contributed by atoms with Gasteiger partial charge < -0.3 is 39.4 Å². The summed E-state index contributed by atoms with van der Waals surface area (Å²) in [4.78, 5) is 64.2. The van der Waals surface area contributed by atoms with Gasteiger partial charge in [0.25, 0.3) is 5.67 Å². The number of anilines is 1. The van der Waals surface area contributed by atoms with E-state index in [2.05, 4.69) is 15.3 Å². The number of Topliss-reactive ketones (excluding diaryl/α,β-unsaturated/α-hetero) is 2. The summed E-state index contributed by atoms with van der Waals surface area (Å²) in [6.45, 7) is 12.6. The molecule has 17 nitrogen and oxygen atoms in total. The Hall–Kier alpha value is -4.36. The molecule has 3 aliphatic rings. The van der Waals surface area contributed by atoms with Crippen molar-refractivity contribution in [3.05, 3.63) is 36.5 Å². The lowest BCUT2D eigenvalue weighted by molar-refractivity contribution is -0.295. The van der Waals surface area contributed by atoms with Crippen LogP contribution in [0.2, 0.25) is 0 Å². The molecule has 0 aromatic carbocycles. The highest BCUT2D eigenvalue weighted by Gasteiger charge is 2.61. The molecule has 1 amide bonds. The molecule has 0 bridgehead atoms. The first-order valence-corrected chi connectivity index (χ1v) is 20.6. The van der Waals surface area contributed by atoms with Crippen LogP contribution in [0.5, 0.6) is 0 Å². The van der Waals surface area contributed by atoms with Gasteiger partial charge in [-0.25, -0.2) is 23.6 Å². The van der Waals surface area contributed by atoms with Crippen LogP contribution in [0, 0.1) is 17.8 Å². The number of rotatable bonds is 10. The summed E-state index contributed by atoms with van der Waals surface area (Å²) in [6, 6.07) is 3.82. The number of nitrogen functional groups attached to an aromatic ring is 1. The number of aliphatic hydroxyl groups is 1. The lowest BCUT2D eigenvalue weighted by Crippen LogP contribution is -2.61. The molecule has 3 saturated heterocycles. The zero-order chi connectivity index (χ0) is 44.5. The largest absolute Gasteiger partial charge is 0.455 e. The van der Waals surface area contributed by atoms with Crippen LogP contribution in [0.4, 0.5) is 15.0 Å². The molecular formula is C42H62FN7O10. The Kier molecular flexibility index (Phi) is 14.3. The van der Waals surface area contributed by atoms with Gasteiger partial charge in [-0.2, -0.15) is 0 Å². The maximum atomic E-state index is 16.9. The summed E-state index contributed by atoms with van der Waals surface area (Å²) < 4.78 is 48.9. The van der Waals surface area contributed by atoms with E-state index in [0.29, 0.717) is 23.6 Å². The SMILES string of the molecule is CC[C@H]1OC(=O)[C@@](C)(F)C(=O)[C@H](C)[C@@H](O[C@@H]2O[C@H](C)CC(N(C)C)C2O)[C@](C)(OC)C[C@@H](C)C(=O)[C@H](C)[C@H]2N(C/C=C/Cn3cc(-c4cccc(N)n4)nn3)C(=O)O[C@]12C. The zero-order valence-corrected chi connectivity index (χ0v) is 36.5. The minimum atomic E-state index is -3.20. The number of alkyl halides is 1. The molecule has 60 heavy (non-hydrogen) atoms. The Bertz CT molecular complexity index is 1910. The van der Waals surface area contributed by atoms with Crippen molar-refractivity contribution < 1.29 is 52.4 Å². The molecule has 3 aliphatic heterocycles. The van der Waals surface area contributed by atoms with E-state index in [0.717, 1.165) is 6.92 Å². The third kappa shape index (κ3) is 9.27. The number of allylic oxidation sites excluding steroid dienone is 1. The number of likely N-dealkylation sites (N-methyl/N-ethyl adjacent to an activating group) is 1. The monoisotopic (exact) mass is 843 g/mol. The molecule has 2 aromatic heterocycles. The molecule has 2 unspecified atom stereocenters. The van der Waals surface area contributed by atoms with Gasteiger partial charge >= 0.3 is 12.1 Å². The van der Waals surface area contributed by atoms with Gasteiger partial charge in [-0.3, -0.25) is 14.5 Å². The molecule has 2 aromatic rings. The number of methoxy groups -OCH3 is 1. The number of ether oxygens (including phenoxy) is 5. The van der Waals surface area contributed by atoms with E-state index in [4.69, 9.17) is 29.4 Å². The fourth-order valence-corrected chi connectivity index (χ4v) is 9.14. The first-order chi connectivity index (χ1) is 28.1. The molecule has 18 heteroatoms. The van der Waals surface area contributed by atoms with Gasteiger partial charge in [0.2, 0.25) is 0 Å². The molecule has 0 saturated carbocycles. The van der Waals surface area contributed by atoms with Crippen LogP contribution in [-0.2, 0) is 44.6 Å². The summed E-state index contributed by atoms with van der Waals surface area (Å²) >= 11 is 0. The Morgan fingerprint density at radius 3 is 2.37 bits per heavy atom. The van der Waals surface area contributed by atoms with Gasteiger partial charge in [-0.05, 0) is 73.2 Å². The number of hydrogen-bond acceptors (Lipinski definition) is 15. The topological polar surface area (TPSA) is 211 Å². The van der Waals surface area contributed by atoms with E-state index in [-0.39, 0.29) is 43.9 Å². The van der Waals surface area contributed by atoms with Crippen LogP contribution in [0.25, 0.3) is 11.4 Å². The number of cyclic esters (lactones) is 1. The van der Waals surface area contributed by atoms with E-state index in [9.17, 15) is 24.3 Å². The van der Waals surface area contributed by atoms with Gasteiger partial charge in [0.15, 0.2) is 17.7 Å². The molecule has 5 heterocycles. The van der Waals surface area contributed by atoms with Crippen LogP contribution in [0.3, 0.4) is 0 Å². The van der Waals surface area contributed by atoms with E-state index < -0.39 is 83.1 Å². The average Bonchev–Trinajstić information content (AvgIpc) is 3.78. The summed E-state index contributed by atoms with van der Waals surface area (Å²) in [7, 11) is 5.02. The summed E-state index contributed by atoms with van der Waals surface area (Å²) in [5, 5.41) is 19.7. The number of pyridine rings is 1. The van der Waals surface area contributed by atoms with Crippen LogP contribution in [0.1, 0.15) is 74.7 Å². The number of aliphatic hydroxyl groups excluding tert-OH is 1. The van der Waals surface area contributed by atoms with Crippen molar-refractivity contribution in [2.24, 2.45) is 17.8 Å². The van der Waals surface area contributed by atoms with Gasteiger partial charge in [0.05, 0.1) is 42.3 Å². The van der Waals surface area contributed by atoms with Crippen LogP contribution in [-0.4, -0.2) is 146 Å². The van der Waals surface area contributed by atoms with Crippen LogP contribution in [0.15, 0.2) is 36.5 Å². The van der Waals surface area contributed by atoms with Crippen molar-refractivity contribution in [3.63, 3.8) is 0 Å². The Balaban J connectivity index is 1.48. The third-order valence-electron chi connectivity index (χ3n) is 12.5. The number of carbonyl (C=O) groups excluding carboxylic acids is 4. The summed E-state index contributed by atoms with van der Waals surface area (Å²) in [5.41, 5.74) is 0.574. The highest BCUT2D eigenvalue weighted by atomic mass is 19.1. The van der Waals surface area contributed by atoms with Gasteiger partial charge in [0, 0.05) is 37.5 Å². The van der Waals surface area contributed by atoms with Crippen molar-refractivity contribution in [2.45, 2.75) is 141 Å². The minimum absolute atomic E-state index is 0.00753. The fraction of sp³-hybridized carbons (Fsp3) is 0.690. The lowest BCUT2D eigenvalue weighted by Gasteiger charge is -2.47. The number of nitrogens with zero attached hydrogens (tertiary/aromatic N) is 6. The lowest BCUT2D eigenvalue weighted by atomic mass is 9.73. The Labute approximate surface area is 351 Å². The third-order valence-corrected chi connectivity index (χ3v) is 12.5. The molecule has 5 rings (SSSR count). The van der Waals surface area contributed by atoms with Crippen molar-refractivity contribution in [2.75, 3.05) is 33.5 Å². The number of nitrogens with two attached hydrogens (primary N) is 1. The smallest absolute Gasteiger partial charge is 0.411 e. The van der Waals surface area contributed by atoms with E-state index in [1.807, 2.05) is 25.9 Å². The first kappa shape index (κ1) is 46.7. The standard InChI is InChI=1S/C42H62FN7O10/c1-12-30-42(8)34(50(39(55)60-42)19-14-13-18-49-22-28(46-47-49)27-16-15-17-31(44)45-27)25(4)32(51)23(2)21-40(6,56-11)36(26(5)35(53)41(7,43)38(54)58-30)59-37-33(52)29(48(9)10)20-24(3)57-37/h13-17,22-26,29-30,33-34,36-37,52H,12,18-21H2,1-11H3,(H2,44,45)/b14-13+/t23-,24-,25+,26+,29?,30-,33?,34-,36-,37+,40-,41+,42-/m1/s1. The second-order valence-electron chi connectivity index (χ2n) is 17.3. The number of esters is 1. The number of carbonyl (C=O) groups is 4. The normalized spacial score (nSPS) is 37.3. The molecular weight excluding hydrogens is 781 g/mol. The molecule has 0 radical (unpaired) electrons. The van der Waals surface area contributed by atoms with Crippen LogP contribution >= 0.6 is 0 Å². The quantitative estimate of drug-likeness (QED) is 0.198. The van der Waals surface area contributed by atoms with E-state index in [1.165, 1.54) is 18.9 Å². The van der Waals surface area contributed by atoms with E-state index >= 15 is 4.39 Å². The van der Waals surface area contributed by atoms with Crippen molar-refractivity contribution in [3.8, 4) is 11.4 Å². The molecule has 3 fully saturated rings. The van der Waals surface area contributed by atoms with Crippen LogP contribution < -0.4 is 5.73 Å². The Morgan fingerprint density at radius 1 is 1.05 bits per heavy atom. The van der Waals surface area contributed by atoms with Gasteiger partial charge in [0.1, 0.15) is 29.5 Å². The number of hydrogen-bond donors (Lipinski definition) is 2. The predicted octanol–water partition coefficient (Wildman–Crippen LogP) is 3.77. The van der Waals surface area contributed by atoms with Crippen molar-refractivity contribution >= 4 is 29.4 Å². The molecule has 0 aliphatic carbocycles. The predicted molar refractivity (Wildman–Crippen MR) is 217 cm³/mol. The number of fused-ring (bicyclic) bond motifs is 1. The molecule has 13 atom stereocenters. The maximum Gasteiger partial charge on any atom is 0.411 e. The summed E-state index contributed by atoms with van der Waals surface area (Å²) in [6.07, 6.45) is -0.440. The number of aromatic nitrogens is 4. The number of amides is 1. The molecule has 3 N–H and O–H groups in total. The highest BCUT2D eigenvalue weighted by Crippen LogP contribution is 2.43. The average molecular weight is 844 g/mol. The van der Waals surface area contributed by atoms with Gasteiger partial charge in [-0.1, -0.05) is 51.1 Å². The first-order valence-electron chi connectivity index (χ1n) is 20.6. The summed E-state index contributed by atoms with van der Waals surface area (Å²) in [5.74, 6) is -5.64.